The first-order valence-electron chi connectivity index (χ1n) is 12.2. The van der Waals surface area contributed by atoms with E-state index in [0.717, 1.165) is 67.3 Å². The number of phenolic OH excluding ortho intramolecular Hbond substituents is 1. The molecule has 3 amide bonds. The number of nitrogens with zero attached hydrogens (tertiary/aromatic N) is 2. The number of imide groups is 1. The van der Waals surface area contributed by atoms with E-state index in [-0.39, 0.29) is 42.3 Å². The van der Waals surface area contributed by atoms with Crippen molar-refractivity contribution in [2.45, 2.75) is 56.1 Å². The summed E-state index contributed by atoms with van der Waals surface area (Å²) < 4.78 is 45.4. The lowest BCUT2D eigenvalue weighted by molar-refractivity contribution is 0.155. The summed E-state index contributed by atoms with van der Waals surface area (Å²) in [5.41, 5.74) is 1.07. The van der Waals surface area contributed by atoms with Gasteiger partial charge in [-0.1, -0.05) is 12.1 Å². The molecule has 1 aliphatic carbocycles. The second-order valence-electron chi connectivity index (χ2n) is 9.77. The van der Waals surface area contributed by atoms with Crippen molar-refractivity contribution in [1.29, 1.82) is 0 Å². The molecule has 2 aromatic carbocycles. The molecule has 0 bridgehead atoms. The second kappa shape index (κ2) is 11.2. The van der Waals surface area contributed by atoms with Gasteiger partial charge in [-0.25, -0.2) is 27.7 Å². The van der Waals surface area contributed by atoms with Crippen LogP contribution in [0.5, 0.6) is 5.75 Å². The van der Waals surface area contributed by atoms with Gasteiger partial charge in [0.2, 0.25) is 0 Å². The van der Waals surface area contributed by atoms with E-state index in [9.17, 15) is 27.9 Å². The first-order chi connectivity index (χ1) is 17.3. The van der Waals surface area contributed by atoms with Crippen LogP contribution < -0.4 is 5.32 Å². The summed E-state index contributed by atoms with van der Waals surface area (Å²) in [6.07, 6.45) is 3.53. The normalized spacial score (nSPS) is 26.0. The number of rotatable bonds is 4. The summed E-state index contributed by atoms with van der Waals surface area (Å²) in [4.78, 5) is 28.5. The van der Waals surface area contributed by atoms with Crippen LogP contribution in [-0.4, -0.2) is 58.8 Å². The Morgan fingerprint density at radius 2 is 1.76 bits per heavy atom. The van der Waals surface area contributed by atoms with E-state index in [2.05, 4.69) is 10.2 Å². The molecule has 200 valence electrons. The molecule has 2 N–H and O–H groups in total. The molecule has 2 saturated heterocycles. The Bertz CT molecular complexity index is 1160. The molecule has 0 radical (unpaired) electrons. The number of urea groups is 1. The first kappa shape index (κ1) is 27.1. The number of halogens is 4. The number of ether oxygens (including phenoxy) is 1. The summed E-state index contributed by atoms with van der Waals surface area (Å²) in [6.45, 7) is 1.32. The number of hydrogen-bond acceptors (Lipinski definition) is 5. The average molecular weight is 540 g/mol. The third kappa shape index (κ3) is 5.65. The number of aromatic hydroxyl groups is 1. The van der Waals surface area contributed by atoms with E-state index in [4.69, 9.17) is 4.74 Å². The minimum atomic E-state index is -1.05. The maximum absolute atomic E-state index is 13.7. The van der Waals surface area contributed by atoms with Crippen LogP contribution in [0.4, 0.5) is 22.8 Å². The Labute approximate surface area is 219 Å². The molecule has 11 heteroatoms. The predicted molar refractivity (Wildman–Crippen MR) is 131 cm³/mol. The van der Waals surface area contributed by atoms with Gasteiger partial charge in [0, 0.05) is 31.2 Å². The van der Waals surface area contributed by atoms with E-state index in [1.807, 2.05) is 0 Å². The van der Waals surface area contributed by atoms with E-state index < -0.39 is 35.6 Å². The van der Waals surface area contributed by atoms with E-state index in [1.165, 1.54) is 12.1 Å². The minimum Gasteiger partial charge on any atom is -0.508 e. The smallest absolute Gasteiger partial charge is 0.418 e. The molecule has 37 heavy (non-hydrogen) atoms. The fraction of sp³-hybridized carbons (Fsp3) is 0.462. The number of amides is 3. The highest BCUT2D eigenvalue weighted by Gasteiger charge is 2.41. The molecule has 2 atom stereocenters. The van der Waals surface area contributed by atoms with Gasteiger partial charge in [-0.05, 0) is 67.3 Å². The summed E-state index contributed by atoms with van der Waals surface area (Å²) in [5, 5.41) is 13.0. The summed E-state index contributed by atoms with van der Waals surface area (Å²) >= 11 is 0. The summed E-state index contributed by atoms with van der Waals surface area (Å²) in [6, 6.07) is 6.21. The summed E-state index contributed by atoms with van der Waals surface area (Å²) in [5.74, 6) is -2.31. The predicted octanol–water partition coefficient (Wildman–Crippen LogP) is 5.23. The molecule has 0 aromatic heterocycles. The van der Waals surface area contributed by atoms with Crippen LogP contribution in [0.3, 0.4) is 0 Å². The van der Waals surface area contributed by atoms with Crippen LogP contribution in [0.1, 0.15) is 55.2 Å². The molecule has 3 aliphatic rings. The molecular formula is C26H29ClF3N3O4. The van der Waals surface area contributed by atoms with Crippen LogP contribution in [0.25, 0.3) is 0 Å². The second-order valence-corrected chi connectivity index (χ2v) is 9.77. The molecule has 1 saturated carbocycles. The standard InChI is InChI=1S/C26H28F3N3O4.ClH/c27-17-4-7-20(24(33)12-17)15-1-5-19(6-2-15)31-10-9-18(13-31)30-25(34)32-23(14-36-26(32)35)16-3-8-21(28)22(29)11-16;/h3-4,7-8,11-12,15,18-19,23,33H,1-2,5-6,9-10,13-14H2,(H,30,34);1H/t15?,18-,19?,23-;/m1./s1. The van der Waals surface area contributed by atoms with Crippen LogP contribution in [0, 0.1) is 17.5 Å². The zero-order chi connectivity index (χ0) is 25.4. The largest absolute Gasteiger partial charge is 0.508 e. The van der Waals surface area contributed by atoms with E-state index in [0.29, 0.717) is 12.6 Å². The Morgan fingerprint density at radius 3 is 2.46 bits per heavy atom. The highest BCUT2D eigenvalue weighted by atomic mass is 35.5. The Balaban J connectivity index is 0.00000320. The number of benzene rings is 2. The Morgan fingerprint density at radius 1 is 1.00 bits per heavy atom. The van der Waals surface area contributed by atoms with Crippen molar-refractivity contribution in [3.05, 3.63) is 65.0 Å². The number of nitrogens with one attached hydrogen (secondary N) is 1. The highest BCUT2D eigenvalue weighted by Crippen LogP contribution is 2.39. The molecule has 7 nitrogen and oxygen atoms in total. The number of hydrogen-bond donors (Lipinski definition) is 2. The van der Waals surface area contributed by atoms with E-state index >= 15 is 0 Å². The van der Waals surface area contributed by atoms with Gasteiger partial charge in [0.1, 0.15) is 24.2 Å². The van der Waals surface area contributed by atoms with Crippen LogP contribution in [0.15, 0.2) is 36.4 Å². The van der Waals surface area contributed by atoms with Gasteiger partial charge >= 0.3 is 12.1 Å². The molecule has 2 aliphatic heterocycles. The lowest BCUT2D eigenvalue weighted by Gasteiger charge is -2.35. The van der Waals surface area contributed by atoms with Crippen molar-refractivity contribution < 1.29 is 32.6 Å². The zero-order valence-electron chi connectivity index (χ0n) is 20.0. The molecule has 2 heterocycles. The molecule has 5 rings (SSSR count). The van der Waals surface area contributed by atoms with Crippen molar-refractivity contribution >= 4 is 24.5 Å². The monoisotopic (exact) mass is 539 g/mol. The Kier molecular flexibility index (Phi) is 8.18. The fourth-order valence-corrected chi connectivity index (χ4v) is 5.71. The first-order valence-corrected chi connectivity index (χ1v) is 12.2. The SMILES string of the molecule is Cl.O=C(N[C@@H]1CCN(C2CCC(c3ccc(F)cc3O)CC2)C1)N1C(=O)OC[C@@H]1c1ccc(F)c(F)c1. The van der Waals surface area contributed by atoms with Gasteiger partial charge in [0.25, 0.3) is 0 Å². The topological polar surface area (TPSA) is 82.1 Å². The van der Waals surface area contributed by atoms with Gasteiger partial charge in [-0.15, -0.1) is 12.4 Å². The number of likely N-dealkylation sites (tertiary alicyclic amines) is 1. The van der Waals surface area contributed by atoms with Crippen molar-refractivity contribution in [1.82, 2.24) is 15.1 Å². The maximum Gasteiger partial charge on any atom is 0.418 e. The van der Waals surface area contributed by atoms with Gasteiger partial charge in [0.05, 0.1) is 0 Å². The van der Waals surface area contributed by atoms with Crippen LogP contribution in [0.2, 0.25) is 0 Å². The van der Waals surface area contributed by atoms with E-state index in [1.54, 1.807) is 6.07 Å². The lowest BCUT2D eigenvalue weighted by Crippen LogP contribution is -2.47. The van der Waals surface area contributed by atoms with Gasteiger partial charge in [-0.2, -0.15) is 0 Å². The van der Waals surface area contributed by atoms with Gasteiger partial charge in [0.15, 0.2) is 11.6 Å². The quantitative estimate of drug-likeness (QED) is 0.556. The van der Waals surface area contributed by atoms with Crippen molar-refractivity contribution in [3.63, 3.8) is 0 Å². The molecule has 0 spiro atoms. The van der Waals surface area contributed by atoms with Crippen molar-refractivity contribution in [2.75, 3.05) is 19.7 Å². The zero-order valence-corrected chi connectivity index (χ0v) is 20.9. The number of carbonyl (C=O) groups is 2. The van der Waals surface area contributed by atoms with Gasteiger partial charge < -0.3 is 15.2 Å². The maximum atomic E-state index is 13.7. The lowest BCUT2D eigenvalue weighted by atomic mass is 9.81. The summed E-state index contributed by atoms with van der Waals surface area (Å²) in [7, 11) is 0. The molecule has 3 fully saturated rings. The number of cyclic esters (lactones) is 1. The third-order valence-electron chi connectivity index (χ3n) is 7.61. The minimum absolute atomic E-state index is 0. The van der Waals surface area contributed by atoms with Crippen molar-refractivity contribution in [3.8, 4) is 5.75 Å². The molecule has 0 unspecified atom stereocenters. The highest BCUT2D eigenvalue weighted by molar-refractivity contribution is 5.92. The number of carbonyl (C=O) groups excluding carboxylic acids is 2. The van der Waals surface area contributed by atoms with Crippen molar-refractivity contribution in [2.24, 2.45) is 0 Å². The van der Waals surface area contributed by atoms with Gasteiger partial charge in [-0.3, -0.25) is 4.90 Å². The average Bonchev–Trinajstić information content (AvgIpc) is 3.47. The molecular weight excluding hydrogens is 511 g/mol. The fourth-order valence-electron chi connectivity index (χ4n) is 5.71. The third-order valence-corrected chi connectivity index (χ3v) is 7.61. The van der Waals surface area contributed by atoms with Crippen LogP contribution >= 0.6 is 12.4 Å². The van der Waals surface area contributed by atoms with Crippen LogP contribution in [-0.2, 0) is 4.74 Å². The molecule has 2 aromatic rings. The Hall–Kier alpha value is -2.98. The number of phenols is 1.